The van der Waals surface area contributed by atoms with Crippen molar-refractivity contribution in [1.82, 2.24) is 9.97 Å². The topological polar surface area (TPSA) is 66.9 Å². The van der Waals surface area contributed by atoms with Gasteiger partial charge in [0, 0.05) is 18.9 Å². The molecule has 2 aromatic rings. The highest BCUT2D eigenvalue weighted by molar-refractivity contribution is 9.11. The molecule has 0 aromatic carbocycles. The molecule has 0 spiro atoms. The molecule has 0 aliphatic rings. The van der Waals surface area contributed by atoms with Gasteiger partial charge in [-0.05, 0) is 28.9 Å². The Balaban J connectivity index is 2.18. The van der Waals surface area contributed by atoms with Gasteiger partial charge in [-0.1, -0.05) is 11.3 Å². The van der Waals surface area contributed by atoms with E-state index in [0.717, 1.165) is 16.0 Å². The molecule has 2 heterocycles. The van der Waals surface area contributed by atoms with Gasteiger partial charge >= 0.3 is 0 Å². The Kier molecular flexibility index (Phi) is 4.27. The van der Waals surface area contributed by atoms with E-state index in [2.05, 4.69) is 36.5 Å². The summed E-state index contributed by atoms with van der Waals surface area (Å²) in [5.74, 6) is -0.221. The number of hydrogen-bond acceptors (Lipinski definition) is 5. The number of nitrogens with zero attached hydrogens (tertiary/aromatic N) is 2. The van der Waals surface area contributed by atoms with E-state index < -0.39 is 0 Å². The molecule has 0 saturated heterocycles. The van der Waals surface area contributed by atoms with Crippen LogP contribution < -0.4 is 10.6 Å². The van der Waals surface area contributed by atoms with Crippen molar-refractivity contribution >= 4 is 44.0 Å². The maximum atomic E-state index is 12.1. The summed E-state index contributed by atoms with van der Waals surface area (Å²) >= 11 is 4.66. The second-order valence-corrected chi connectivity index (χ2v) is 5.79. The maximum absolute atomic E-state index is 12.1. The third kappa shape index (κ3) is 3.05. The highest BCUT2D eigenvalue weighted by atomic mass is 79.9. The summed E-state index contributed by atoms with van der Waals surface area (Å²) in [6.07, 6.45) is 4.83. The van der Waals surface area contributed by atoms with Crippen LogP contribution in [0.25, 0.3) is 0 Å². The number of carbonyl (C=O) groups excluding carboxylic acids is 1. The smallest absolute Gasteiger partial charge is 0.261 e. The molecule has 94 valence electrons. The molecule has 0 atom stereocenters. The number of rotatable bonds is 4. The number of halogens is 1. The number of thiazole rings is 1. The fourth-order valence-corrected chi connectivity index (χ4v) is 2.50. The fraction of sp³-hybridized carbons (Fsp3) is 0.182. The number of hydrogen-bond donors (Lipinski definition) is 2. The monoisotopic (exact) mass is 326 g/mol. The third-order valence-electron chi connectivity index (χ3n) is 2.13. The van der Waals surface area contributed by atoms with Crippen molar-refractivity contribution in [1.29, 1.82) is 0 Å². The summed E-state index contributed by atoms with van der Waals surface area (Å²) in [4.78, 5) is 20.1. The summed E-state index contributed by atoms with van der Waals surface area (Å²) in [6, 6.07) is 1.77. The molecule has 2 N–H and O–H groups in total. The number of carbonyl (C=O) groups is 1. The predicted molar refractivity (Wildman–Crippen MR) is 76.2 cm³/mol. The average molecular weight is 327 g/mol. The second kappa shape index (κ2) is 5.92. The summed E-state index contributed by atoms with van der Waals surface area (Å²) in [6.45, 7) is 2.72. The number of amides is 1. The lowest BCUT2D eigenvalue weighted by Crippen LogP contribution is -2.15. The molecule has 5 nitrogen and oxygen atoms in total. The Morgan fingerprint density at radius 1 is 1.50 bits per heavy atom. The van der Waals surface area contributed by atoms with Crippen LogP contribution in [-0.2, 0) is 0 Å². The van der Waals surface area contributed by atoms with Gasteiger partial charge in [-0.3, -0.25) is 15.1 Å². The van der Waals surface area contributed by atoms with Gasteiger partial charge in [0.2, 0.25) is 0 Å². The molecule has 0 aliphatic carbocycles. The molecule has 0 fully saturated rings. The highest BCUT2D eigenvalue weighted by Crippen LogP contribution is 2.24. The minimum atomic E-state index is -0.221. The van der Waals surface area contributed by atoms with Crippen LogP contribution in [0.5, 0.6) is 0 Å². The molecule has 7 heteroatoms. The molecule has 1 amide bonds. The standard InChI is InChI=1S/C11H11BrN4OS/c1-2-14-8-3-4-13-5-7(8)10(17)16-11-15-6-9(12)18-11/h3-6H,2H2,1H3,(H,13,14)(H,15,16,17). The van der Waals surface area contributed by atoms with E-state index in [1.807, 2.05) is 6.92 Å². The number of pyridine rings is 1. The normalized spacial score (nSPS) is 10.1. The van der Waals surface area contributed by atoms with Crippen LogP contribution in [0.15, 0.2) is 28.4 Å². The lowest BCUT2D eigenvalue weighted by Gasteiger charge is -2.08. The highest BCUT2D eigenvalue weighted by Gasteiger charge is 2.12. The maximum Gasteiger partial charge on any atom is 0.261 e. The van der Waals surface area contributed by atoms with Gasteiger partial charge in [-0.25, -0.2) is 4.98 Å². The zero-order valence-electron chi connectivity index (χ0n) is 9.61. The Morgan fingerprint density at radius 3 is 3.00 bits per heavy atom. The quantitative estimate of drug-likeness (QED) is 0.906. The Bertz CT molecular complexity index is 557. The Morgan fingerprint density at radius 2 is 2.33 bits per heavy atom. The number of anilines is 2. The van der Waals surface area contributed by atoms with E-state index in [1.165, 1.54) is 17.5 Å². The average Bonchev–Trinajstić information content (AvgIpc) is 2.76. The third-order valence-corrected chi connectivity index (χ3v) is 3.52. The van der Waals surface area contributed by atoms with E-state index in [4.69, 9.17) is 0 Å². The van der Waals surface area contributed by atoms with Crippen molar-refractivity contribution in [2.45, 2.75) is 6.92 Å². The van der Waals surface area contributed by atoms with Crippen LogP contribution in [0.4, 0.5) is 10.8 Å². The van der Waals surface area contributed by atoms with Crippen LogP contribution in [-0.4, -0.2) is 22.4 Å². The van der Waals surface area contributed by atoms with Crippen molar-refractivity contribution in [3.8, 4) is 0 Å². The SMILES string of the molecule is CCNc1ccncc1C(=O)Nc1ncc(Br)s1. The summed E-state index contributed by atoms with van der Waals surface area (Å²) in [5, 5.41) is 6.41. The second-order valence-electron chi connectivity index (χ2n) is 3.38. The lowest BCUT2D eigenvalue weighted by atomic mass is 10.2. The molecule has 18 heavy (non-hydrogen) atoms. The van der Waals surface area contributed by atoms with Crippen LogP contribution in [0, 0.1) is 0 Å². The molecule has 0 unspecified atom stereocenters. The summed E-state index contributed by atoms with van der Waals surface area (Å²) in [5.41, 5.74) is 1.27. The Labute approximate surface area is 117 Å². The Hall–Kier alpha value is -1.47. The van der Waals surface area contributed by atoms with E-state index in [9.17, 15) is 4.79 Å². The van der Waals surface area contributed by atoms with Crippen molar-refractivity contribution < 1.29 is 4.79 Å². The van der Waals surface area contributed by atoms with Crippen LogP contribution in [0.1, 0.15) is 17.3 Å². The largest absolute Gasteiger partial charge is 0.385 e. The number of nitrogens with one attached hydrogen (secondary N) is 2. The van der Waals surface area contributed by atoms with Crippen molar-refractivity contribution in [2.75, 3.05) is 17.2 Å². The predicted octanol–water partition coefficient (Wildman–Crippen LogP) is 2.98. The van der Waals surface area contributed by atoms with Gasteiger partial charge in [0.05, 0.1) is 21.2 Å². The first kappa shape index (κ1) is 13.0. The lowest BCUT2D eigenvalue weighted by molar-refractivity contribution is 0.102. The van der Waals surface area contributed by atoms with E-state index in [0.29, 0.717) is 10.7 Å². The first-order valence-corrected chi connectivity index (χ1v) is 6.92. The van der Waals surface area contributed by atoms with E-state index in [-0.39, 0.29) is 5.91 Å². The molecular formula is C11H11BrN4OS. The molecule has 0 bridgehead atoms. The minimum Gasteiger partial charge on any atom is -0.385 e. The molecular weight excluding hydrogens is 316 g/mol. The van der Waals surface area contributed by atoms with Crippen LogP contribution in [0.2, 0.25) is 0 Å². The minimum absolute atomic E-state index is 0.221. The van der Waals surface area contributed by atoms with Gasteiger partial charge in [0.15, 0.2) is 5.13 Å². The van der Waals surface area contributed by atoms with E-state index >= 15 is 0 Å². The molecule has 0 aliphatic heterocycles. The summed E-state index contributed by atoms with van der Waals surface area (Å²) < 4.78 is 0.871. The van der Waals surface area contributed by atoms with Crippen LogP contribution in [0.3, 0.4) is 0 Å². The van der Waals surface area contributed by atoms with Gasteiger partial charge < -0.3 is 5.32 Å². The molecule has 2 rings (SSSR count). The number of aromatic nitrogens is 2. The van der Waals surface area contributed by atoms with Crippen molar-refractivity contribution in [3.63, 3.8) is 0 Å². The van der Waals surface area contributed by atoms with Crippen molar-refractivity contribution in [3.05, 3.63) is 34.0 Å². The van der Waals surface area contributed by atoms with Gasteiger partial charge in [0.25, 0.3) is 5.91 Å². The fourth-order valence-electron chi connectivity index (χ4n) is 1.40. The van der Waals surface area contributed by atoms with Crippen molar-refractivity contribution in [2.24, 2.45) is 0 Å². The van der Waals surface area contributed by atoms with Gasteiger partial charge in [0.1, 0.15) is 0 Å². The zero-order chi connectivity index (χ0) is 13.0. The van der Waals surface area contributed by atoms with Gasteiger partial charge in [-0.2, -0.15) is 0 Å². The molecule has 0 saturated carbocycles. The van der Waals surface area contributed by atoms with Crippen LogP contribution >= 0.6 is 27.3 Å². The van der Waals surface area contributed by atoms with E-state index in [1.54, 1.807) is 18.5 Å². The summed E-state index contributed by atoms with van der Waals surface area (Å²) in [7, 11) is 0. The van der Waals surface area contributed by atoms with Gasteiger partial charge in [-0.15, -0.1) is 0 Å². The first-order valence-electron chi connectivity index (χ1n) is 5.31. The zero-order valence-corrected chi connectivity index (χ0v) is 12.0. The molecule has 0 radical (unpaired) electrons. The molecule has 2 aromatic heterocycles. The first-order chi connectivity index (χ1) is 8.70.